The Morgan fingerprint density at radius 1 is 1.60 bits per heavy atom. The molecule has 82 valence electrons. The normalized spacial score (nSPS) is 15.8. The minimum atomic E-state index is -0.233. The maximum atomic E-state index is 11.3. The monoisotopic (exact) mass is 273 g/mol. The summed E-state index contributed by atoms with van der Waals surface area (Å²) in [6.45, 7) is 2.65. The van der Waals surface area contributed by atoms with Gasteiger partial charge in [0.15, 0.2) is 4.67 Å². The van der Waals surface area contributed by atoms with E-state index in [1.807, 2.05) is 0 Å². The largest absolute Gasteiger partial charge is 0.434 e. The zero-order valence-corrected chi connectivity index (χ0v) is 9.63. The van der Waals surface area contributed by atoms with E-state index in [2.05, 4.69) is 31.9 Å². The molecule has 2 amide bonds. The van der Waals surface area contributed by atoms with Crippen molar-refractivity contribution in [3.63, 3.8) is 0 Å². The standard InChI is InChI=1S/C9H12BrN3O2/c10-7-1-2-8(15-7)13-9(14)12-5-6-3-11-4-6/h1-2,6,11H,3-5H2,(H2,12,13,14). The van der Waals surface area contributed by atoms with Gasteiger partial charge in [0.1, 0.15) is 0 Å². The Morgan fingerprint density at radius 3 is 2.93 bits per heavy atom. The van der Waals surface area contributed by atoms with Crippen LogP contribution >= 0.6 is 15.9 Å². The van der Waals surface area contributed by atoms with Crippen LogP contribution in [0.3, 0.4) is 0 Å². The Bertz CT molecular complexity index is 349. The minimum Gasteiger partial charge on any atom is -0.434 e. The number of amides is 2. The van der Waals surface area contributed by atoms with E-state index in [0.717, 1.165) is 13.1 Å². The Balaban J connectivity index is 1.71. The van der Waals surface area contributed by atoms with Crippen LogP contribution in [0, 0.1) is 5.92 Å². The predicted molar refractivity (Wildman–Crippen MR) is 59.8 cm³/mol. The van der Waals surface area contributed by atoms with Gasteiger partial charge < -0.3 is 15.1 Å². The fraction of sp³-hybridized carbons (Fsp3) is 0.444. The van der Waals surface area contributed by atoms with Gasteiger partial charge in [0, 0.05) is 31.6 Å². The quantitative estimate of drug-likeness (QED) is 0.780. The number of carbonyl (C=O) groups excluding carboxylic acids is 1. The number of anilines is 1. The van der Waals surface area contributed by atoms with Crippen LogP contribution in [0.1, 0.15) is 0 Å². The molecule has 0 spiro atoms. The summed E-state index contributed by atoms with van der Waals surface area (Å²) < 4.78 is 5.73. The summed E-state index contributed by atoms with van der Waals surface area (Å²) in [6, 6.07) is 3.18. The summed E-state index contributed by atoms with van der Waals surface area (Å²) in [4.78, 5) is 11.3. The molecule has 0 saturated carbocycles. The number of urea groups is 1. The van der Waals surface area contributed by atoms with Crippen molar-refractivity contribution in [2.24, 2.45) is 5.92 Å². The zero-order chi connectivity index (χ0) is 10.7. The lowest BCUT2D eigenvalue weighted by Crippen LogP contribution is -2.48. The van der Waals surface area contributed by atoms with Crippen molar-refractivity contribution in [1.29, 1.82) is 0 Å². The van der Waals surface area contributed by atoms with Gasteiger partial charge >= 0.3 is 6.03 Å². The molecule has 0 aromatic carbocycles. The number of nitrogens with one attached hydrogen (secondary N) is 3. The van der Waals surface area contributed by atoms with Gasteiger partial charge in [0.25, 0.3) is 0 Å². The molecule has 1 aromatic rings. The molecule has 1 fully saturated rings. The van der Waals surface area contributed by atoms with E-state index in [9.17, 15) is 4.79 Å². The molecular weight excluding hydrogens is 262 g/mol. The Hall–Kier alpha value is -1.01. The Labute approximate surface area is 95.7 Å². The lowest BCUT2D eigenvalue weighted by molar-refractivity contribution is 0.246. The van der Waals surface area contributed by atoms with Crippen LogP contribution in [-0.4, -0.2) is 25.7 Å². The average molecular weight is 274 g/mol. The van der Waals surface area contributed by atoms with Crippen molar-refractivity contribution in [3.05, 3.63) is 16.8 Å². The van der Waals surface area contributed by atoms with Crippen molar-refractivity contribution in [3.8, 4) is 0 Å². The summed E-state index contributed by atoms with van der Waals surface area (Å²) in [5.41, 5.74) is 0. The summed E-state index contributed by atoms with van der Waals surface area (Å²) in [7, 11) is 0. The molecule has 3 N–H and O–H groups in total. The number of hydrogen-bond donors (Lipinski definition) is 3. The molecule has 5 nitrogen and oxygen atoms in total. The van der Waals surface area contributed by atoms with Crippen LogP contribution in [0.25, 0.3) is 0 Å². The third-order valence-electron chi connectivity index (χ3n) is 2.23. The molecular formula is C9H12BrN3O2. The molecule has 1 aliphatic heterocycles. The van der Waals surface area contributed by atoms with Crippen LogP contribution in [0.5, 0.6) is 0 Å². The number of rotatable bonds is 3. The maximum Gasteiger partial charge on any atom is 0.321 e. The van der Waals surface area contributed by atoms with Crippen molar-refractivity contribution in [1.82, 2.24) is 10.6 Å². The maximum absolute atomic E-state index is 11.3. The van der Waals surface area contributed by atoms with Crippen LogP contribution in [-0.2, 0) is 0 Å². The molecule has 0 aliphatic carbocycles. The molecule has 1 aliphatic rings. The van der Waals surface area contributed by atoms with Gasteiger partial charge in [0.2, 0.25) is 5.88 Å². The molecule has 0 bridgehead atoms. The zero-order valence-electron chi connectivity index (χ0n) is 8.05. The highest BCUT2D eigenvalue weighted by molar-refractivity contribution is 9.10. The van der Waals surface area contributed by atoms with Gasteiger partial charge in [-0.05, 0) is 22.0 Å². The third-order valence-corrected chi connectivity index (χ3v) is 2.65. The topological polar surface area (TPSA) is 66.3 Å². The number of halogens is 1. The fourth-order valence-electron chi connectivity index (χ4n) is 1.27. The van der Waals surface area contributed by atoms with E-state index in [1.54, 1.807) is 12.1 Å². The Kier molecular flexibility index (Phi) is 3.27. The first-order valence-electron chi connectivity index (χ1n) is 4.75. The van der Waals surface area contributed by atoms with Crippen molar-refractivity contribution in [2.75, 3.05) is 25.0 Å². The second kappa shape index (κ2) is 4.67. The molecule has 2 rings (SSSR count). The second-order valence-corrected chi connectivity index (χ2v) is 4.24. The van der Waals surface area contributed by atoms with E-state index in [4.69, 9.17) is 4.42 Å². The molecule has 6 heteroatoms. The molecule has 2 heterocycles. The van der Waals surface area contributed by atoms with Crippen molar-refractivity contribution in [2.45, 2.75) is 0 Å². The van der Waals surface area contributed by atoms with Crippen LogP contribution in [0.4, 0.5) is 10.7 Å². The molecule has 0 atom stereocenters. The lowest BCUT2D eigenvalue weighted by atomic mass is 10.0. The van der Waals surface area contributed by atoms with Gasteiger partial charge in [0.05, 0.1) is 0 Å². The van der Waals surface area contributed by atoms with E-state index < -0.39 is 0 Å². The smallest absolute Gasteiger partial charge is 0.321 e. The van der Waals surface area contributed by atoms with E-state index in [1.165, 1.54) is 0 Å². The third kappa shape index (κ3) is 2.97. The van der Waals surface area contributed by atoms with Gasteiger partial charge in [-0.3, -0.25) is 5.32 Å². The highest BCUT2D eigenvalue weighted by Gasteiger charge is 2.17. The number of hydrogen-bond acceptors (Lipinski definition) is 3. The number of carbonyl (C=O) groups is 1. The van der Waals surface area contributed by atoms with Crippen LogP contribution in [0.15, 0.2) is 21.2 Å². The highest BCUT2D eigenvalue weighted by Crippen LogP contribution is 2.17. The van der Waals surface area contributed by atoms with E-state index in [0.29, 0.717) is 23.0 Å². The summed E-state index contributed by atoms with van der Waals surface area (Å²) in [6.07, 6.45) is 0. The minimum absolute atomic E-state index is 0.233. The van der Waals surface area contributed by atoms with E-state index in [-0.39, 0.29) is 6.03 Å². The fourth-order valence-corrected chi connectivity index (χ4v) is 1.57. The summed E-state index contributed by atoms with van der Waals surface area (Å²) in [5.74, 6) is 0.991. The van der Waals surface area contributed by atoms with Crippen molar-refractivity contribution >= 4 is 27.8 Å². The first-order valence-corrected chi connectivity index (χ1v) is 5.54. The van der Waals surface area contributed by atoms with Crippen LogP contribution < -0.4 is 16.0 Å². The highest BCUT2D eigenvalue weighted by atomic mass is 79.9. The molecule has 15 heavy (non-hydrogen) atoms. The van der Waals surface area contributed by atoms with Crippen molar-refractivity contribution < 1.29 is 9.21 Å². The molecule has 1 aromatic heterocycles. The molecule has 0 unspecified atom stereocenters. The number of furan rings is 1. The Morgan fingerprint density at radius 2 is 2.40 bits per heavy atom. The van der Waals surface area contributed by atoms with Gasteiger partial charge in [-0.2, -0.15) is 0 Å². The molecule has 0 radical (unpaired) electrons. The lowest BCUT2D eigenvalue weighted by Gasteiger charge is -2.26. The first-order chi connectivity index (χ1) is 7.24. The predicted octanol–water partition coefficient (Wildman–Crippen LogP) is 1.38. The summed E-state index contributed by atoms with van der Waals surface area (Å²) in [5, 5.41) is 8.52. The average Bonchev–Trinajstić information content (AvgIpc) is 2.48. The molecule has 1 saturated heterocycles. The second-order valence-electron chi connectivity index (χ2n) is 3.46. The SMILES string of the molecule is O=C(NCC1CNC1)Nc1ccc(Br)o1. The van der Waals surface area contributed by atoms with Gasteiger partial charge in [-0.15, -0.1) is 0 Å². The van der Waals surface area contributed by atoms with Gasteiger partial charge in [-0.25, -0.2) is 4.79 Å². The summed E-state index contributed by atoms with van der Waals surface area (Å²) >= 11 is 3.16. The first kappa shape index (κ1) is 10.5. The van der Waals surface area contributed by atoms with Gasteiger partial charge in [-0.1, -0.05) is 0 Å². The van der Waals surface area contributed by atoms with E-state index >= 15 is 0 Å². The van der Waals surface area contributed by atoms with Crippen LogP contribution in [0.2, 0.25) is 0 Å².